The Morgan fingerprint density at radius 3 is 2.25 bits per heavy atom. The maximum atomic E-state index is 5.55. The Morgan fingerprint density at radius 2 is 2.12 bits per heavy atom. The van der Waals surface area contributed by atoms with E-state index < -0.39 is 0 Å². The van der Waals surface area contributed by atoms with Gasteiger partial charge < -0.3 is 4.74 Å². The van der Waals surface area contributed by atoms with Gasteiger partial charge in [-0.05, 0) is 19.3 Å². The van der Waals surface area contributed by atoms with E-state index in [0.29, 0.717) is 11.7 Å². The largest absolute Gasteiger partial charge is 0.372 e. The van der Waals surface area contributed by atoms with Gasteiger partial charge in [0.2, 0.25) is 0 Å². The van der Waals surface area contributed by atoms with Crippen molar-refractivity contribution in [1.82, 2.24) is 0 Å². The van der Waals surface area contributed by atoms with Crippen molar-refractivity contribution < 1.29 is 4.74 Å². The van der Waals surface area contributed by atoms with Crippen molar-refractivity contribution in [2.45, 2.75) is 38.4 Å². The quantitative estimate of drug-likeness (QED) is 0.462. The van der Waals surface area contributed by atoms with Crippen LogP contribution in [0, 0.1) is 5.92 Å². The first-order chi connectivity index (χ1) is 3.70. The highest BCUT2D eigenvalue weighted by Crippen LogP contribution is 2.49. The van der Waals surface area contributed by atoms with Gasteiger partial charge in [0, 0.05) is 6.42 Å². The van der Waals surface area contributed by atoms with Crippen molar-refractivity contribution in [3.63, 3.8) is 0 Å². The SMILES string of the molecule is CC1CC2(C)CC1O2. The molecule has 3 rings (SSSR count). The first kappa shape index (κ1) is 4.80. The fourth-order valence-corrected chi connectivity index (χ4v) is 2.04. The van der Waals surface area contributed by atoms with Gasteiger partial charge in [-0.25, -0.2) is 0 Å². The molecule has 3 aliphatic rings. The highest BCUT2D eigenvalue weighted by atomic mass is 16.5. The van der Waals surface area contributed by atoms with Gasteiger partial charge in [-0.15, -0.1) is 0 Å². The van der Waals surface area contributed by atoms with Crippen LogP contribution < -0.4 is 0 Å². The molecule has 3 fully saturated rings. The molecule has 1 aliphatic carbocycles. The monoisotopic (exact) mass is 112 g/mol. The van der Waals surface area contributed by atoms with Crippen LogP contribution in [-0.4, -0.2) is 11.7 Å². The van der Waals surface area contributed by atoms with Gasteiger partial charge in [-0.1, -0.05) is 6.92 Å². The Hall–Kier alpha value is -0.0400. The van der Waals surface area contributed by atoms with Crippen LogP contribution in [0.5, 0.6) is 0 Å². The Kier molecular flexibility index (Phi) is 0.663. The Bertz CT molecular complexity index is 114. The van der Waals surface area contributed by atoms with Gasteiger partial charge in [0.15, 0.2) is 0 Å². The lowest BCUT2D eigenvalue weighted by atomic mass is 10.0. The predicted octanol–water partition coefficient (Wildman–Crippen LogP) is 1.57. The highest BCUT2D eigenvalue weighted by molar-refractivity contribution is 5.01. The fourth-order valence-electron chi connectivity index (χ4n) is 2.04. The van der Waals surface area contributed by atoms with Crippen molar-refractivity contribution in [3.8, 4) is 0 Å². The van der Waals surface area contributed by atoms with Crippen LogP contribution >= 0.6 is 0 Å². The summed E-state index contributed by atoms with van der Waals surface area (Å²) in [6.45, 7) is 4.50. The summed E-state index contributed by atoms with van der Waals surface area (Å²) in [5.41, 5.74) is 0.310. The summed E-state index contributed by atoms with van der Waals surface area (Å²) in [5, 5.41) is 0. The van der Waals surface area contributed by atoms with E-state index in [0.717, 1.165) is 5.92 Å². The molecule has 3 atom stereocenters. The van der Waals surface area contributed by atoms with E-state index in [-0.39, 0.29) is 0 Å². The van der Waals surface area contributed by atoms with Crippen molar-refractivity contribution >= 4 is 0 Å². The molecule has 0 spiro atoms. The molecule has 2 bridgehead atoms. The smallest absolute Gasteiger partial charge is 0.0686 e. The third-order valence-corrected chi connectivity index (χ3v) is 2.46. The lowest BCUT2D eigenvalue weighted by Crippen LogP contribution is -2.38. The molecule has 1 heteroatoms. The normalized spacial score (nSPS) is 60.8. The minimum absolute atomic E-state index is 0.310. The van der Waals surface area contributed by atoms with Crippen LogP contribution in [0.1, 0.15) is 26.7 Å². The van der Waals surface area contributed by atoms with E-state index in [1.807, 2.05) is 0 Å². The molecule has 0 N–H and O–H groups in total. The topological polar surface area (TPSA) is 9.23 Å². The summed E-state index contributed by atoms with van der Waals surface area (Å²) in [5.74, 6) is 0.833. The molecule has 8 heavy (non-hydrogen) atoms. The second-order valence-corrected chi connectivity index (χ2v) is 3.49. The molecule has 1 nitrogen and oxygen atoms in total. The van der Waals surface area contributed by atoms with Crippen LogP contribution in [0.2, 0.25) is 0 Å². The Labute approximate surface area is 50.0 Å². The molecule has 1 saturated carbocycles. The third-order valence-electron chi connectivity index (χ3n) is 2.46. The molecule has 0 aromatic rings. The van der Waals surface area contributed by atoms with Gasteiger partial charge in [0.25, 0.3) is 0 Å². The van der Waals surface area contributed by atoms with E-state index in [2.05, 4.69) is 13.8 Å². The molecule has 0 aromatic heterocycles. The number of hydrogen-bond acceptors (Lipinski definition) is 1. The van der Waals surface area contributed by atoms with Crippen LogP contribution in [0.3, 0.4) is 0 Å². The minimum atomic E-state index is 0.310. The number of rotatable bonds is 0. The van der Waals surface area contributed by atoms with Crippen molar-refractivity contribution in [1.29, 1.82) is 0 Å². The van der Waals surface area contributed by atoms with E-state index in [1.54, 1.807) is 0 Å². The van der Waals surface area contributed by atoms with Crippen LogP contribution in [0.4, 0.5) is 0 Å². The fraction of sp³-hybridized carbons (Fsp3) is 1.00. The standard InChI is InChI=1S/C7H12O/c1-5-3-7(2)4-6(5)8-7/h5-6H,3-4H2,1-2H3. The average Bonchev–Trinajstić information content (AvgIpc) is 1.88. The van der Waals surface area contributed by atoms with E-state index in [9.17, 15) is 0 Å². The lowest BCUT2D eigenvalue weighted by molar-refractivity contribution is -0.143. The molecule has 3 unspecified atom stereocenters. The lowest BCUT2D eigenvalue weighted by Gasteiger charge is -2.35. The van der Waals surface area contributed by atoms with Crippen molar-refractivity contribution in [2.75, 3.05) is 0 Å². The zero-order chi connectivity index (χ0) is 5.78. The summed E-state index contributed by atoms with van der Waals surface area (Å²) >= 11 is 0. The first-order valence-corrected chi connectivity index (χ1v) is 3.37. The van der Waals surface area contributed by atoms with Crippen molar-refractivity contribution in [2.24, 2.45) is 5.92 Å². The van der Waals surface area contributed by atoms with Gasteiger partial charge in [-0.3, -0.25) is 0 Å². The van der Waals surface area contributed by atoms with Gasteiger partial charge in [-0.2, -0.15) is 0 Å². The second-order valence-electron chi connectivity index (χ2n) is 3.49. The van der Waals surface area contributed by atoms with Crippen LogP contribution in [-0.2, 0) is 4.74 Å². The number of hydrogen-bond donors (Lipinski definition) is 0. The Balaban J connectivity index is 2.17. The predicted molar refractivity (Wildman–Crippen MR) is 31.7 cm³/mol. The maximum Gasteiger partial charge on any atom is 0.0686 e. The van der Waals surface area contributed by atoms with Gasteiger partial charge in [0.05, 0.1) is 11.7 Å². The van der Waals surface area contributed by atoms with E-state index in [4.69, 9.17) is 4.74 Å². The van der Waals surface area contributed by atoms with Gasteiger partial charge in [0.1, 0.15) is 0 Å². The summed E-state index contributed by atoms with van der Waals surface area (Å²) in [6.07, 6.45) is 3.23. The highest BCUT2D eigenvalue weighted by Gasteiger charge is 2.52. The molecule has 46 valence electrons. The Morgan fingerprint density at radius 1 is 1.50 bits per heavy atom. The van der Waals surface area contributed by atoms with Crippen molar-refractivity contribution in [3.05, 3.63) is 0 Å². The zero-order valence-corrected chi connectivity index (χ0v) is 5.48. The summed E-state index contributed by atoms with van der Waals surface area (Å²) in [7, 11) is 0. The van der Waals surface area contributed by atoms with E-state index in [1.165, 1.54) is 12.8 Å². The number of fused-ring (bicyclic) bond motifs is 1. The third kappa shape index (κ3) is 0.408. The molecular weight excluding hydrogens is 100 g/mol. The molecular formula is C7H12O. The molecule has 2 heterocycles. The summed E-state index contributed by atoms with van der Waals surface area (Å²) < 4.78 is 5.55. The summed E-state index contributed by atoms with van der Waals surface area (Å²) in [4.78, 5) is 0. The summed E-state index contributed by atoms with van der Waals surface area (Å²) in [6, 6.07) is 0. The molecule has 2 aliphatic heterocycles. The van der Waals surface area contributed by atoms with Crippen LogP contribution in [0.15, 0.2) is 0 Å². The van der Waals surface area contributed by atoms with E-state index >= 15 is 0 Å². The first-order valence-electron chi connectivity index (χ1n) is 3.37. The average molecular weight is 112 g/mol. The zero-order valence-electron chi connectivity index (χ0n) is 5.48. The van der Waals surface area contributed by atoms with Crippen LogP contribution in [0.25, 0.3) is 0 Å². The van der Waals surface area contributed by atoms with Gasteiger partial charge >= 0.3 is 0 Å². The second kappa shape index (κ2) is 1.10. The molecule has 0 amide bonds. The minimum Gasteiger partial charge on any atom is -0.372 e. The molecule has 0 radical (unpaired) electrons. The number of ether oxygens (including phenoxy) is 1. The maximum absolute atomic E-state index is 5.55. The molecule has 0 aromatic carbocycles. The molecule has 2 saturated heterocycles.